The Morgan fingerprint density at radius 1 is 1.50 bits per heavy atom. The number of benzene rings is 1. The second-order valence-corrected chi connectivity index (χ2v) is 4.76. The first-order valence-electron chi connectivity index (χ1n) is 4.97. The highest BCUT2D eigenvalue weighted by Crippen LogP contribution is 2.26. The Kier molecular flexibility index (Phi) is 3.88. The van der Waals surface area contributed by atoms with Crippen molar-refractivity contribution in [3.8, 4) is 0 Å². The van der Waals surface area contributed by atoms with E-state index < -0.39 is 4.92 Å². The minimum atomic E-state index is -0.477. The molecule has 0 aliphatic rings. The predicted octanol–water partition coefficient (Wildman–Crippen LogP) is 2.79. The molecule has 0 unspecified atom stereocenters. The molecule has 0 bridgehead atoms. The van der Waals surface area contributed by atoms with Crippen molar-refractivity contribution in [2.24, 2.45) is 0 Å². The minimum Gasteiger partial charge on any atom is -0.314 e. The number of nitro groups is 1. The maximum absolute atomic E-state index is 10.6. The standard InChI is InChI=1S/C11H15ClN2O2/c1-11(2,13-3)7-8-4-5-10(14(15)16)9(12)6-8/h4-6,13H,7H2,1-3H3. The lowest BCUT2D eigenvalue weighted by Crippen LogP contribution is -2.38. The summed E-state index contributed by atoms with van der Waals surface area (Å²) < 4.78 is 0. The molecule has 0 saturated heterocycles. The van der Waals surface area contributed by atoms with Crippen LogP contribution < -0.4 is 5.32 Å². The van der Waals surface area contributed by atoms with Gasteiger partial charge in [0.1, 0.15) is 5.02 Å². The van der Waals surface area contributed by atoms with Crippen molar-refractivity contribution in [2.45, 2.75) is 25.8 Å². The monoisotopic (exact) mass is 242 g/mol. The van der Waals surface area contributed by atoms with Crippen molar-refractivity contribution in [2.75, 3.05) is 7.05 Å². The van der Waals surface area contributed by atoms with E-state index >= 15 is 0 Å². The maximum Gasteiger partial charge on any atom is 0.287 e. The van der Waals surface area contributed by atoms with Crippen molar-refractivity contribution in [3.63, 3.8) is 0 Å². The predicted molar refractivity (Wildman–Crippen MR) is 64.9 cm³/mol. The van der Waals surface area contributed by atoms with E-state index in [0.717, 1.165) is 12.0 Å². The lowest BCUT2D eigenvalue weighted by atomic mass is 9.95. The SMILES string of the molecule is CNC(C)(C)Cc1ccc([N+](=O)[O-])c(Cl)c1. The molecule has 1 N–H and O–H groups in total. The van der Waals surface area contributed by atoms with Crippen LogP contribution >= 0.6 is 11.6 Å². The van der Waals surface area contributed by atoms with E-state index in [2.05, 4.69) is 19.2 Å². The lowest BCUT2D eigenvalue weighted by Gasteiger charge is -2.23. The summed E-state index contributed by atoms with van der Waals surface area (Å²) in [6.45, 7) is 4.12. The summed E-state index contributed by atoms with van der Waals surface area (Å²) in [6.07, 6.45) is 0.765. The molecule has 1 rings (SSSR count). The van der Waals surface area contributed by atoms with Crippen LogP contribution in [-0.2, 0) is 6.42 Å². The number of halogens is 1. The molecule has 0 atom stereocenters. The maximum atomic E-state index is 10.6. The molecule has 1 aromatic rings. The Labute approximate surface area is 99.8 Å². The highest BCUT2D eigenvalue weighted by molar-refractivity contribution is 6.32. The fourth-order valence-corrected chi connectivity index (χ4v) is 1.68. The summed E-state index contributed by atoms with van der Waals surface area (Å²) in [5.74, 6) is 0. The number of hydrogen-bond acceptors (Lipinski definition) is 3. The summed E-state index contributed by atoms with van der Waals surface area (Å²) in [7, 11) is 1.88. The molecular formula is C11H15ClN2O2. The Bertz CT molecular complexity index is 405. The molecule has 0 aromatic heterocycles. The largest absolute Gasteiger partial charge is 0.314 e. The summed E-state index contributed by atoms with van der Waals surface area (Å²) in [4.78, 5) is 10.1. The van der Waals surface area contributed by atoms with E-state index in [1.807, 2.05) is 7.05 Å². The zero-order valence-electron chi connectivity index (χ0n) is 9.58. The molecule has 0 amide bonds. The third kappa shape index (κ3) is 3.18. The topological polar surface area (TPSA) is 55.2 Å². The van der Waals surface area contributed by atoms with Crippen molar-refractivity contribution in [1.82, 2.24) is 5.32 Å². The van der Waals surface area contributed by atoms with E-state index in [1.54, 1.807) is 12.1 Å². The molecule has 4 nitrogen and oxygen atoms in total. The van der Waals surface area contributed by atoms with Gasteiger partial charge in [-0.3, -0.25) is 10.1 Å². The van der Waals surface area contributed by atoms with Gasteiger partial charge >= 0.3 is 0 Å². The highest BCUT2D eigenvalue weighted by atomic mass is 35.5. The van der Waals surface area contributed by atoms with Crippen molar-refractivity contribution in [3.05, 3.63) is 38.9 Å². The summed E-state index contributed by atoms with van der Waals surface area (Å²) in [5, 5.41) is 13.9. The molecule has 0 aliphatic carbocycles. The molecular weight excluding hydrogens is 228 g/mol. The van der Waals surface area contributed by atoms with Crippen LogP contribution in [0.25, 0.3) is 0 Å². The van der Waals surface area contributed by atoms with Gasteiger partial charge in [-0.05, 0) is 38.9 Å². The van der Waals surface area contributed by atoms with Crippen LogP contribution in [0.1, 0.15) is 19.4 Å². The molecule has 0 radical (unpaired) electrons. The third-order valence-electron chi connectivity index (χ3n) is 2.53. The molecule has 88 valence electrons. The fraction of sp³-hybridized carbons (Fsp3) is 0.455. The third-order valence-corrected chi connectivity index (χ3v) is 2.83. The molecule has 0 fully saturated rings. The second-order valence-electron chi connectivity index (χ2n) is 4.35. The first-order valence-corrected chi connectivity index (χ1v) is 5.35. The number of nitrogens with zero attached hydrogens (tertiary/aromatic N) is 1. The number of nitro benzene ring substituents is 1. The van der Waals surface area contributed by atoms with Crippen LogP contribution in [0.4, 0.5) is 5.69 Å². The van der Waals surface area contributed by atoms with Gasteiger partial charge in [0.25, 0.3) is 5.69 Å². The average Bonchev–Trinajstić information content (AvgIpc) is 2.16. The molecule has 16 heavy (non-hydrogen) atoms. The van der Waals surface area contributed by atoms with E-state index in [4.69, 9.17) is 11.6 Å². The van der Waals surface area contributed by atoms with E-state index in [9.17, 15) is 10.1 Å². The van der Waals surface area contributed by atoms with Crippen LogP contribution in [-0.4, -0.2) is 17.5 Å². The zero-order chi connectivity index (χ0) is 12.3. The van der Waals surface area contributed by atoms with Gasteiger partial charge in [-0.25, -0.2) is 0 Å². The first kappa shape index (κ1) is 12.9. The molecule has 0 saturated carbocycles. The van der Waals surface area contributed by atoms with Gasteiger partial charge in [0.2, 0.25) is 0 Å². The average molecular weight is 243 g/mol. The van der Waals surface area contributed by atoms with Gasteiger partial charge in [-0.15, -0.1) is 0 Å². The number of rotatable bonds is 4. The van der Waals surface area contributed by atoms with Crippen LogP contribution in [0.5, 0.6) is 0 Å². The highest BCUT2D eigenvalue weighted by Gasteiger charge is 2.18. The smallest absolute Gasteiger partial charge is 0.287 e. The van der Waals surface area contributed by atoms with Crippen LogP contribution in [0, 0.1) is 10.1 Å². The normalized spacial score (nSPS) is 11.5. The minimum absolute atomic E-state index is 0.0484. The molecule has 0 spiro atoms. The van der Waals surface area contributed by atoms with Gasteiger partial charge in [-0.1, -0.05) is 17.7 Å². The molecule has 0 aliphatic heterocycles. The van der Waals surface area contributed by atoms with Gasteiger partial charge in [0.05, 0.1) is 4.92 Å². The number of likely N-dealkylation sites (N-methyl/N-ethyl adjacent to an activating group) is 1. The quantitative estimate of drug-likeness (QED) is 0.653. The van der Waals surface area contributed by atoms with Crippen LogP contribution in [0.15, 0.2) is 18.2 Å². The lowest BCUT2D eigenvalue weighted by molar-refractivity contribution is -0.384. The van der Waals surface area contributed by atoms with Crippen molar-refractivity contribution in [1.29, 1.82) is 0 Å². The van der Waals surface area contributed by atoms with Crippen LogP contribution in [0.3, 0.4) is 0 Å². The number of nitrogens with one attached hydrogen (secondary N) is 1. The molecule has 0 heterocycles. The second kappa shape index (κ2) is 4.80. The van der Waals surface area contributed by atoms with Gasteiger partial charge in [0.15, 0.2) is 0 Å². The Morgan fingerprint density at radius 2 is 2.12 bits per heavy atom. The van der Waals surface area contributed by atoms with Crippen molar-refractivity contribution >= 4 is 17.3 Å². The van der Waals surface area contributed by atoms with E-state index in [1.165, 1.54) is 6.07 Å². The van der Waals surface area contributed by atoms with Crippen LogP contribution in [0.2, 0.25) is 5.02 Å². The summed E-state index contributed by atoms with van der Waals surface area (Å²) in [6, 6.07) is 4.84. The van der Waals surface area contributed by atoms with Crippen molar-refractivity contribution < 1.29 is 4.92 Å². The fourth-order valence-electron chi connectivity index (χ4n) is 1.41. The van der Waals surface area contributed by atoms with Gasteiger partial charge < -0.3 is 5.32 Å². The summed E-state index contributed by atoms with van der Waals surface area (Å²) >= 11 is 5.83. The Morgan fingerprint density at radius 3 is 2.56 bits per heavy atom. The van der Waals surface area contributed by atoms with Gasteiger partial charge in [-0.2, -0.15) is 0 Å². The molecule has 5 heteroatoms. The first-order chi connectivity index (χ1) is 7.35. The summed E-state index contributed by atoms with van der Waals surface area (Å²) in [5.41, 5.74) is 0.877. The Hall–Kier alpha value is -1.13. The zero-order valence-corrected chi connectivity index (χ0v) is 10.3. The van der Waals surface area contributed by atoms with Gasteiger partial charge in [0, 0.05) is 11.6 Å². The van der Waals surface area contributed by atoms with E-state index in [-0.39, 0.29) is 16.2 Å². The number of hydrogen-bond donors (Lipinski definition) is 1. The Balaban J connectivity index is 2.94. The molecule has 1 aromatic carbocycles. The van der Waals surface area contributed by atoms with E-state index in [0.29, 0.717) is 0 Å².